The van der Waals surface area contributed by atoms with Crippen molar-refractivity contribution in [2.75, 3.05) is 13.2 Å². The molecule has 0 unspecified atom stereocenters. The third-order valence-corrected chi connectivity index (χ3v) is 3.64. The zero-order chi connectivity index (χ0) is 17.5. The Labute approximate surface area is 139 Å². The van der Waals surface area contributed by atoms with Gasteiger partial charge in [0.2, 0.25) is 6.29 Å². The predicted molar refractivity (Wildman–Crippen MR) is 83.9 cm³/mol. The number of esters is 1. The molecular formula is C17H20O7. The smallest absolute Gasteiger partial charge is 0.306 e. The summed E-state index contributed by atoms with van der Waals surface area (Å²) >= 11 is 0. The van der Waals surface area contributed by atoms with Crippen LogP contribution >= 0.6 is 0 Å². The summed E-state index contributed by atoms with van der Waals surface area (Å²) in [6, 6.07) is 4.40. The summed E-state index contributed by atoms with van der Waals surface area (Å²) in [5, 5.41) is 37.3. The fourth-order valence-corrected chi connectivity index (χ4v) is 2.38. The van der Waals surface area contributed by atoms with Crippen molar-refractivity contribution in [1.29, 1.82) is 0 Å². The summed E-state index contributed by atoms with van der Waals surface area (Å²) in [7, 11) is 0. The maximum Gasteiger partial charge on any atom is 0.306 e. The highest BCUT2D eigenvalue weighted by molar-refractivity contribution is 5.70. The van der Waals surface area contributed by atoms with Crippen LogP contribution in [0.15, 0.2) is 42.2 Å². The quantitative estimate of drug-likeness (QED) is 0.347. The molecule has 0 saturated carbocycles. The number of phenols is 2. The van der Waals surface area contributed by atoms with E-state index in [0.717, 1.165) is 5.56 Å². The van der Waals surface area contributed by atoms with Crippen LogP contribution in [-0.2, 0) is 20.7 Å². The number of aliphatic hydroxyl groups excluding tert-OH is 2. The summed E-state index contributed by atoms with van der Waals surface area (Å²) in [6.07, 6.45) is 3.57. The standard InChI is InChI=1S/C17H20O7/c18-6-3-13-12(5-8-24-17(13)22)10-16(21)23-7-4-11-1-2-14(19)15(20)9-11/h1-3,5,8-9,12,17-20,22H,4,6-7,10H2/b13-3-/t12-,17-/m1/s1. The van der Waals surface area contributed by atoms with Crippen LogP contribution in [0.5, 0.6) is 11.5 Å². The third-order valence-electron chi connectivity index (χ3n) is 3.64. The van der Waals surface area contributed by atoms with E-state index in [2.05, 4.69) is 0 Å². The molecule has 7 heteroatoms. The van der Waals surface area contributed by atoms with E-state index in [4.69, 9.17) is 14.6 Å². The van der Waals surface area contributed by atoms with Crippen LogP contribution in [0.2, 0.25) is 0 Å². The molecule has 1 aromatic rings. The maximum atomic E-state index is 11.9. The molecule has 1 heterocycles. The topological polar surface area (TPSA) is 116 Å². The molecule has 0 amide bonds. The lowest BCUT2D eigenvalue weighted by atomic mass is 9.93. The second kappa shape index (κ2) is 8.37. The van der Waals surface area contributed by atoms with Gasteiger partial charge in [0.15, 0.2) is 11.5 Å². The molecule has 0 aromatic heterocycles. The van der Waals surface area contributed by atoms with Gasteiger partial charge in [0.05, 0.1) is 25.9 Å². The van der Waals surface area contributed by atoms with Gasteiger partial charge in [-0.25, -0.2) is 0 Å². The SMILES string of the molecule is O=C(C[C@H]1C=CO[C@@H](O)/C1=C\CO)OCCc1ccc(O)c(O)c1. The number of hydrogen-bond acceptors (Lipinski definition) is 7. The van der Waals surface area contributed by atoms with Gasteiger partial charge in [-0.3, -0.25) is 4.79 Å². The van der Waals surface area contributed by atoms with E-state index in [-0.39, 0.29) is 31.1 Å². The van der Waals surface area contributed by atoms with Crippen molar-refractivity contribution in [2.24, 2.45) is 5.92 Å². The van der Waals surface area contributed by atoms with Crippen LogP contribution < -0.4 is 0 Å². The van der Waals surface area contributed by atoms with Gasteiger partial charge in [0, 0.05) is 17.9 Å². The molecular weight excluding hydrogens is 316 g/mol. The largest absolute Gasteiger partial charge is 0.504 e. The van der Waals surface area contributed by atoms with Gasteiger partial charge in [-0.05, 0) is 23.8 Å². The maximum absolute atomic E-state index is 11.9. The fourth-order valence-electron chi connectivity index (χ4n) is 2.38. The zero-order valence-corrected chi connectivity index (χ0v) is 13.0. The lowest BCUT2D eigenvalue weighted by molar-refractivity contribution is -0.144. The predicted octanol–water partition coefficient (Wildman–Crippen LogP) is 0.971. The first-order chi connectivity index (χ1) is 11.5. The van der Waals surface area contributed by atoms with Gasteiger partial charge in [0.1, 0.15) is 0 Å². The number of carbonyl (C=O) groups excluding carboxylic acids is 1. The highest BCUT2D eigenvalue weighted by atomic mass is 16.6. The first kappa shape index (κ1) is 17.8. The number of benzene rings is 1. The third kappa shape index (κ3) is 4.74. The highest BCUT2D eigenvalue weighted by Crippen LogP contribution is 2.27. The summed E-state index contributed by atoms with van der Waals surface area (Å²) < 4.78 is 10.1. The number of carbonyl (C=O) groups is 1. The Morgan fingerprint density at radius 2 is 2.08 bits per heavy atom. The van der Waals surface area contributed by atoms with Crippen molar-refractivity contribution in [1.82, 2.24) is 0 Å². The number of hydrogen-bond donors (Lipinski definition) is 4. The van der Waals surface area contributed by atoms with Gasteiger partial charge in [-0.15, -0.1) is 0 Å². The minimum Gasteiger partial charge on any atom is -0.504 e. The van der Waals surface area contributed by atoms with Crippen LogP contribution in [0.1, 0.15) is 12.0 Å². The van der Waals surface area contributed by atoms with Crippen molar-refractivity contribution in [2.45, 2.75) is 19.1 Å². The van der Waals surface area contributed by atoms with Gasteiger partial charge in [-0.1, -0.05) is 12.1 Å². The van der Waals surface area contributed by atoms with E-state index in [1.54, 1.807) is 12.1 Å². The number of aliphatic hydroxyl groups is 2. The Morgan fingerprint density at radius 1 is 1.29 bits per heavy atom. The molecule has 24 heavy (non-hydrogen) atoms. The van der Waals surface area contributed by atoms with E-state index in [1.807, 2.05) is 0 Å². The van der Waals surface area contributed by atoms with Crippen LogP contribution in [0.4, 0.5) is 0 Å². The summed E-state index contributed by atoms with van der Waals surface area (Å²) in [6.45, 7) is -0.142. The van der Waals surface area contributed by atoms with Crippen molar-refractivity contribution >= 4 is 5.97 Å². The first-order valence-electron chi connectivity index (χ1n) is 7.48. The first-order valence-corrected chi connectivity index (χ1v) is 7.48. The Morgan fingerprint density at radius 3 is 2.79 bits per heavy atom. The van der Waals surface area contributed by atoms with Crippen molar-refractivity contribution in [3.63, 3.8) is 0 Å². The fraction of sp³-hybridized carbons (Fsp3) is 0.353. The summed E-state index contributed by atoms with van der Waals surface area (Å²) in [4.78, 5) is 11.9. The lowest BCUT2D eigenvalue weighted by Gasteiger charge is -2.24. The Bertz CT molecular complexity index is 636. The minimum absolute atomic E-state index is 0.0174. The Kier molecular flexibility index (Phi) is 6.22. The molecule has 130 valence electrons. The number of ether oxygens (including phenoxy) is 2. The Balaban J connectivity index is 1.84. The van der Waals surface area contributed by atoms with Crippen LogP contribution in [0.25, 0.3) is 0 Å². The van der Waals surface area contributed by atoms with Crippen molar-refractivity contribution in [3.8, 4) is 11.5 Å². The van der Waals surface area contributed by atoms with E-state index < -0.39 is 18.2 Å². The molecule has 1 aliphatic heterocycles. The normalized spacial score (nSPS) is 21.5. The molecule has 1 aromatic carbocycles. The molecule has 0 spiro atoms. The summed E-state index contributed by atoms with van der Waals surface area (Å²) in [5.41, 5.74) is 1.14. The van der Waals surface area contributed by atoms with Crippen LogP contribution in [0.3, 0.4) is 0 Å². The molecule has 0 saturated heterocycles. The van der Waals surface area contributed by atoms with Crippen molar-refractivity contribution in [3.05, 3.63) is 47.7 Å². The van der Waals surface area contributed by atoms with Crippen LogP contribution in [0, 0.1) is 5.92 Å². The molecule has 1 aliphatic rings. The number of phenolic OH excluding ortho intramolecular Hbond substituents is 2. The number of allylic oxidation sites excluding steroid dienone is 1. The molecule has 0 bridgehead atoms. The van der Waals surface area contributed by atoms with Crippen molar-refractivity contribution < 1.29 is 34.7 Å². The monoisotopic (exact) mass is 336 g/mol. The molecule has 2 atom stereocenters. The molecule has 0 radical (unpaired) electrons. The molecule has 2 rings (SSSR count). The number of rotatable bonds is 6. The van der Waals surface area contributed by atoms with Crippen LogP contribution in [-0.4, -0.2) is 45.9 Å². The molecule has 0 aliphatic carbocycles. The van der Waals surface area contributed by atoms with Gasteiger partial charge in [0.25, 0.3) is 0 Å². The average Bonchev–Trinajstić information content (AvgIpc) is 2.54. The average molecular weight is 336 g/mol. The van der Waals surface area contributed by atoms with Gasteiger partial charge >= 0.3 is 5.97 Å². The lowest BCUT2D eigenvalue weighted by Crippen LogP contribution is -2.25. The summed E-state index contributed by atoms with van der Waals surface area (Å²) in [5.74, 6) is -1.28. The van der Waals surface area contributed by atoms with E-state index in [1.165, 1.54) is 24.5 Å². The Hall–Kier alpha value is -2.51. The van der Waals surface area contributed by atoms with E-state index in [0.29, 0.717) is 12.0 Å². The van der Waals surface area contributed by atoms with E-state index in [9.17, 15) is 20.1 Å². The zero-order valence-electron chi connectivity index (χ0n) is 13.0. The van der Waals surface area contributed by atoms with Gasteiger partial charge < -0.3 is 29.9 Å². The highest BCUT2D eigenvalue weighted by Gasteiger charge is 2.26. The number of aromatic hydroxyl groups is 2. The second-order valence-electron chi connectivity index (χ2n) is 5.31. The van der Waals surface area contributed by atoms with E-state index >= 15 is 0 Å². The molecule has 7 nitrogen and oxygen atoms in total. The molecule has 0 fully saturated rings. The van der Waals surface area contributed by atoms with Gasteiger partial charge in [-0.2, -0.15) is 0 Å². The molecule has 4 N–H and O–H groups in total. The second-order valence-corrected chi connectivity index (χ2v) is 5.31. The minimum atomic E-state index is -1.18.